The molecule has 2 aromatic rings. The Bertz CT molecular complexity index is 768. The number of aliphatic imine (C=N–C) groups is 1. The molecule has 0 saturated carbocycles. The Kier molecular flexibility index (Phi) is 9.71. The maximum atomic E-state index is 4.43. The molecule has 0 spiro atoms. The summed E-state index contributed by atoms with van der Waals surface area (Å²) in [4.78, 5) is 9.11. The van der Waals surface area contributed by atoms with Gasteiger partial charge in [-0.25, -0.2) is 0 Å². The van der Waals surface area contributed by atoms with Crippen molar-refractivity contribution in [3.05, 3.63) is 51.7 Å². The Morgan fingerprint density at radius 3 is 2.59 bits per heavy atom. The molecule has 7 heteroatoms. The van der Waals surface area contributed by atoms with Crippen LogP contribution in [0, 0.1) is 6.92 Å². The molecule has 1 aromatic heterocycles. The number of hydrogen-bond acceptors (Lipinski definition) is 4. The van der Waals surface area contributed by atoms with Gasteiger partial charge in [0.25, 0.3) is 0 Å². The van der Waals surface area contributed by atoms with Crippen LogP contribution in [-0.2, 0) is 13.1 Å². The van der Waals surface area contributed by atoms with Gasteiger partial charge in [-0.2, -0.15) is 11.3 Å². The number of aryl methyl sites for hydroxylation is 1. The molecule has 0 radical (unpaired) electrons. The molecule has 1 aliphatic heterocycles. The predicted molar refractivity (Wildman–Crippen MR) is 137 cm³/mol. The van der Waals surface area contributed by atoms with Gasteiger partial charge in [0.2, 0.25) is 0 Å². The number of piperidine rings is 1. The highest BCUT2D eigenvalue weighted by Gasteiger charge is 2.20. The number of thiophene rings is 1. The maximum Gasteiger partial charge on any atom is 0.191 e. The Balaban J connectivity index is 0.00000300. The monoisotopic (exact) mass is 527 g/mol. The average Bonchev–Trinajstić information content (AvgIpc) is 3.20. The first-order valence-electron chi connectivity index (χ1n) is 10.0. The molecule has 1 fully saturated rings. The zero-order chi connectivity index (χ0) is 19.9. The second-order valence-corrected chi connectivity index (χ2v) is 8.54. The molecule has 3 rings (SSSR count). The molecule has 0 amide bonds. The summed E-state index contributed by atoms with van der Waals surface area (Å²) in [5.41, 5.74) is 5.28. The summed E-state index contributed by atoms with van der Waals surface area (Å²) in [6.07, 6.45) is 2.31. The molecule has 29 heavy (non-hydrogen) atoms. The van der Waals surface area contributed by atoms with Crippen LogP contribution in [0.4, 0.5) is 5.69 Å². The highest BCUT2D eigenvalue weighted by Crippen LogP contribution is 2.18. The van der Waals surface area contributed by atoms with Crippen LogP contribution in [0.5, 0.6) is 0 Å². The second-order valence-electron chi connectivity index (χ2n) is 7.76. The van der Waals surface area contributed by atoms with Gasteiger partial charge in [0.05, 0.1) is 0 Å². The SMILES string of the molecule is CN=C(NCc1ccc(N(C)C)cc1C)NC1CCN(Cc2ccsc2)CC1.I. The van der Waals surface area contributed by atoms with E-state index < -0.39 is 0 Å². The van der Waals surface area contributed by atoms with Crippen molar-refractivity contribution in [3.8, 4) is 0 Å². The molecule has 1 aliphatic rings. The van der Waals surface area contributed by atoms with Crippen molar-refractivity contribution >= 4 is 47.0 Å². The van der Waals surface area contributed by atoms with E-state index >= 15 is 0 Å². The minimum atomic E-state index is 0. The van der Waals surface area contributed by atoms with Crippen molar-refractivity contribution in [1.82, 2.24) is 15.5 Å². The normalized spacial score (nSPS) is 15.7. The van der Waals surface area contributed by atoms with Crippen molar-refractivity contribution < 1.29 is 0 Å². The van der Waals surface area contributed by atoms with Gasteiger partial charge in [-0.05, 0) is 65.4 Å². The van der Waals surface area contributed by atoms with Gasteiger partial charge in [-0.1, -0.05) is 6.07 Å². The van der Waals surface area contributed by atoms with E-state index in [1.165, 1.54) is 22.4 Å². The molecular weight excluding hydrogens is 493 g/mol. The van der Waals surface area contributed by atoms with Gasteiger partial charge in [-0.3, -0.25) is 9.89 Å². The number of anilines is 1. The lowest BCUT2D eigenvalue weighted by Gasteiger charge is -2.33. The number of nitrogens with one attached hydrogen (secondary N) is 2. The van der Waals surface area contributed by atoms with Crippen LogP contribution in [-0.4, -0.2) is 51.1 Å². The van der Waals surface area contributed by atoms with Gasteiger partial charge in [0.1, 0.15) is 0 Å². The summed E-state index contributed by atoms with van der Waals surface area (Å²) in [5.74, 6) is 0.896. The molecule has 0 unspecified atom stereocenters. The van der Waals surface area contributed by atoms with Crippen molar-refractivity contribution in [2.45, 2.75) is 38.9 Å². The third-order valence-electron chi connectivity index (χ3n) is 5.43. The van der Waals surface area contributed by atoms with Gasteiger partial charge >= 0.3 is 0 Å². The van der Waals surface area contributed by atoms with Crippen LogP contribution in [0.25, 0.3) is 0 Å². The number of nitrogens with zero attached hydrogens (tertiary/aromatic N) is 3. The number of likely N-dealkylation sites (tertiary alicyclic amines) is 1. The van der Waals surface area contributed by atoms with Gasteiger partial charge in [0, 0.05) is 59.1 Å². The lowest BCUT2D eigenvalue weighted by atomic mass is 10.0. The van der Waals surface area contributed by atoms with Crippen LogP contribution in [0.1, 0.15) is 29.5 Å². The first-order valence-corrected chi connectivity index (χ1v) is 11.0. The van der Waals surface area contributed by atoms with Crippen molar-refractivity contribution in [2.75, 3.05) is 39.1 Å². The van der Waals surface area contributed by atoms with Crippen molar-refractivity contribution in [3.63, 3.8) is 0 Å². The third kappa shape index (κ3) is 7.15. The topological polar surface area (TPSA) is 42.9 Å². The number of hydrogen-bond donors (Lipinski definition) is 2. The highest BCUT2D eigenvalue weighted by molar-refractivity contribution is 14.0. The lowest BCUT2D eigenvalue weighted by molar-refractivity contribution is 0.198. The van der Waals surface area contributed by atoms with Gasteiger partial charge in [0.15, 0.2) is 5.96 Å². The highest BCUT2D eigenvalue weighted by atomic mass is 127. The van der Waals surface area contributed by atoms with Crippen molar-refractivity contribution in [2.24, 2.45) is 4.99 Å². The molecule has 0 aliphatic carbocycles. The minimum Gasteiger partial charge on any atom is -0.378 e. The fraction of sp³-hybridized carbons (Fsp3) is 0.500. The first kappa shape index (κ1) is 24.0. The van der Waals surface area contributed by atoms with Crippen LogP contribution < -0.4 is 15.5 Å². The number of benzene rings is 1. The van der Waals surface area contributed by atoms with E-state index in [0.717, 1.165) is 45.0 Å². The molecule has 0 atom stereocenters. The number of halogens is 1. The molecule has 1 saturated heterocycles. The Morgan fingerprint density at radius 2 is 2.00 bits per heavy atom. The molecular formula is C22H34IN5S. The standard InChI is InChI=1S/C22H33N5S.HI/c1-17-13-21(26(3)4)6-5-19(17)14-24-22(23-2)25-20-7-10-27(11-8-20)15-18-9-12-28-16-18;/h5-6,9,12-13,16,20H,7-8,10-11,14-15H2,1-4H3,(H2,23,24,25);1H. The molecule has 160 valence electrons. The first-order chi connectivity index (χ1) is 13.5. The van der Waals surface area contributed by atoms with Crippen molar-refractivity contribution in [1.29, 1.82) is 0 Å². The summed E-state index contributed by atoms with van der Waals surface area (Å²) in [7, 11) is 6.00. The predicted octanol–water partition coefficient (Wildman–Crippen LogP) is 4.07. The van der Waals surface area contributed by atoms with Crippen LogP contribution in [0.3, 0.4) is 0 Å². The Labute approximate surface area is 196 Å². The quantitative estimate of drug-likeness (QED) is 0.338. The Morgan fingerprint density at radius 1 is 1.24 bits per heavy atom. The fourth-order valence-electron chi connectivity index (χ4n) is 3.60. The summed E-state index contributed by atoms with van der Waals surface area (Å²) < 4.78 is 0. The maximum absolute atomic E-state index is 4.43. The molecule has 2 N–H and O–H groups in total. The second kappa shape index (κ2) is 11.8. The van der Waals surface area contributed by atoms with E-state index in [1.54, 1.807) is 11.3 Å². The summed E-state index contributed by atoms with van der Waals surface area (Å²) >= 11 is 1.78. The van der Waals surface area contributed by atoms with Gasteiger partial charge < -0.3 is 15.5 Å². The number of rotatable bonds is 6. The number of guanidine groups is 1. The summed E-state index contributed by atoms with van der Waals surface area (Å²) in [5, 5.41) is 11.5. The van der Waals surface area contributed by atoms with E-state index in [-0.39, 0.29) is 24.0 Å². The van der Waals surface area contributed by atoms with E-state index in [4.69, 9.17) is 0 Å². The smallest absolute Gasteiger partial charge is 0.191 e. The average molecular weight is 528 g/mol. The zero-order valence-electron chi connectivity index (χ0n) is 17.9. The molecule has 2 heterocycles. The molecule has 0 bridgehead atoms. The molecule has 1 aromatic carbocycles. The van der Waals surface area contributed by atoms with E-state index in [0.29, 0.717) is 6.04 Å². The third-order valence-corrected chi connectivity index (χ3v) is 6.16. The fourth-order valence-corrected chi connectivity index (χ4v) is 4.26. The summed E-state index contributed by atoms with van der Waals surface area (Å²) in [6, 6.07) is 9.32. The Hall–Kier alpha value is -1.32. The van der Waals surface area contributed by atoms with Crippen LogP contribution in [0.2, 0.25) is 0 Å². The zero-order valence-corrected chi connectivity index (χ0v) is 21.1. The van der Waals surface area contributed by atoms with E-state index in [2.05, 4.69) is 81.5 Å². The van der Waals surface area contributed by atoms with E-state index in [1.807, 2.05) is 7.05 Å². The summed E-state index contributed by atoms with van der Waals surface area (Å²) in [6.45, 7) is 6.30. The largest absolute Gasteiger partial charge is 0.378 e. The molecule has 5 nitrogen and oxygen atoms in total. The lowest BCUT2D eigenvalue weighted by Crippen LogP contribution is -2.48. The van der Waals surface area contributed by atoms with Gasteiger partial charge in [-0.15, -0.1) is 24.0 Å². The van der Waals surface area contributed by atoms with Crippen LogP contribution in [0.15, 0.2) is 40.0 Å². The van der Waals surface area contributed by atoms with Crippen LogP contribution >= 0.6 is 35.3 Å². The minimum absolute atomic E-state index is 0. The van der Waals surface area contributed by atoms with E-state index in [9.17, 15) is 0 Å².